The number of nitrogens with one attached hydrogen (secondary N) is 1. The van der Waals surface area contributed by atoms with Crippen molar-refractivity contribution in [3.05, 3.63) is 65.7 Å². The molecule has 10 heteroatoms. The van der Waals surface area contributed by atoms with E-state index in [0.717, 1.165) is 0 Å². The summed E-state index contributed by atoms with van der Waals surface area (Å²) in [6.45, 7) is 4.20. The van der Waals surface area contributed by atoms with E-state index < -0.39 is 17.9 Å². The largest absolute Gasteiger partial charge is 0.480 e. The van der Waals surface area contributed by atoms with E-state index >= 15 is 0 Å². The molecule has 0 aliphatic carbocycles. The van der Waals surface area contributed by atoms with Gasteiger partial charge in [-0.3, -0.25) is 4.79 Å². The van der Waals surface area contributed by atoms with Gasteiger partial charge in [-0.2, -0.15) is 0 Å². The normalized spacial score (nSPS) is 11.7. The van der Waals surface area contributed by atoms with Gasteiger partial charge >= 0.3 is 5.97 Å². The summed E-state index contributed by atoms with van der Waals surface area (Å²) in [5.74, 6) is -1.15. The molecule has 0 bridgehead atoms. The van der Waals surface area contributed by atoms with Crippen LogP contribution in [0.5, 0.6) is 5.75 Å². The molecule has 1 atom stereocenters. The molecule has 0 fully saturated rings. The van der Waals surface area contributed by atoms with Crippen LogP contribution >= 0.6 is 11.8 Å². The Morgan fingerprint density at radius 2 is 2.00 bits per heavy atom. The second-order valence-electron chi connectivity index (χ2n) is 6.50. The maximum absolute atomic E-state index is 13.9. The maximum atomic E-state index is 13.9. The molecule has 2 aromatic carbocycles. The van der Waals surface area contributed by atoms with Crippen LogP contribution in [0.15, 0.2) is 53.7 Å². The van der Waals surface area contributed by atoms with Crippen LogP contribution in [0.2, 0.25) is 0 Å². The highest BCUT2D eigenvalue weighted by Crippen LogP contribution is 2.26. The molecule has 1 unspecified atom stereocenters. The number of carboxylic acids is 1. The van der Waals surface area contributed by atoms with Gasteiger partial charge in [-0.15, -0.1) is 10.2 Å². The number of aromatic nitrogens is 3. The van der Waals surface area contributed by atoms with Gasteiger partial charge < -0.3 is 19.7 Å². The first-order valence-electron chi connectivity index (χ1n) is 9.49. The van der Waals surface area contributed by atoms with Crippen LogP contribution in [-0.2, 0) is 11.3 Å². The van der Waals surface area contributed by atoms with Gasteiger partial charge in [0.2, 0.25) is 5.91 Å². The van der Waals surface area contributed by atoms with E-state index in [1.54, 1.807) is 35.8 Å². The molecular weight excluding hydrogens is 423 g/mol. The molecular formula is C21H21FN4O4S. The van der Waals surface area contributed by atoms with E-state index in [4.69, 9.17) is 9.84 Å². The predicted octanol–water partition coefficient (Wildman–Crippen LogP) is 4.01. The van der Waals surface area contributed by atoms with Crippen LogP contribution in [0.4, 0.5) is 10.1 Å². The summed E-state index contributed by atoms with van der Waals surface area (Å²) in [7, 11) is 0. The van der Waals surface area contributed by atoms with Crippen LogP contribution in [0.1, 0.15) is 36.1 Å². The molecule has 2 N–H and O–H groups in total. The number of para-hydroxylation sites is 1. The van der Waals surface area contributed by atoms with Crippen molar-refractivity contribution < 1.29 is 23.8 Å². The number of amides is 1. The molecule has 3 aromatic rings. The lowest BCUT2D eigenvalue weighted by Gasteiger charge is -2.16. The maximum Gasteiger partial charge on any atom is 0.335 e. The third-order valence-electron chi connectivity index (χ3n) is 4.29. The van der Waals surface area contributed by atoms with Crippen molar-refractivity contribution in [2.24, 2.45) is 0 Å². The minimum Gasteiger partial charge on any atom is -0.480 e. The molecule has 31 heavy (non-hydrogen) atoms. The number of carbonyl (C=O) groups is 2. The number of carboxylic acid groups (broad SMARTS) is 1. The average molecular weight is 444 g/mol. The number of nitrogens with zero attached hydrogens (tertiary/aromatic N) is 3. The minimum absolute atomic E-state index is 0.0536. The van der Waals surface area contributed by atoms with E-state index in [9.17, 15) is 14.0 Å². The molecule has 0 spiro atoms. The zero-order valence-corrected chi connectivity index (χ0v) is 17.7. The van der Waals surface area contributed by atoms with Gasteiger partial charge in [-0.05, 0) is 44.2 Å². The minimum atomic E-state index is -1.07. The Morgan fingerprint density at radius 3 is 2.71 bits per heavy atom. The highest BCUT2D eigenvalue weighted by molar-refractivity contribution is 7.99. The Morgan fingerprint density at radius 1 is 1.23 bits per heavy atom. The quantitative estimate of drug-likeness (QED) is 0.480. The monoisotopic (exact) mass is 444 g/mol. The fourth-order valence-corrected chi connectivity index (χ4v) is 3.65. The molecule has 0 aliphatic rings. The number of benzene rings is 2. The molecule has 0 radical (unpaired) electrons. The van der Waals surface area contributed by atoms with E-state index in [-0.39, 0.29) is 23.0 Å². The number of hydrogen-bond donors (Lipinski definition) is 2. The van der Waals surface area contributed by atoms with Crippen molar-refractivity contribution in [2.45, 2.75) is 31.7 Å². The highest BCUT2D eigenvalue weighted by atomic mass is 32.2. The van der Waals surface area contributed by atoms with Crippen LogP contribution in [0.25, 0.3) is 0 Å². The average Bonchev–Trinajstić information content (AvgIpc) is 3.17. The Balaban J connectivity index is 1.64. The lowest BCUT2D eigenvalue weighted by molar-refractivity contribution is -0.113. The van der Waals surface area contributed by atoms with Crippen molar-refractivity contribution in [3.63, 3.8) is 0 Å². The molecule has 0 saturated heterocycles. The van der Waals surface area contributed by atoms with Gasteiger partial charge in [0.05, 0.1) is 11.3 Å². The van der Waals surface area contributed by atoms with Crippen molar-refractivity contribution in [1.82, 2.24) is 14.8 Å². The van der Waals surface area contributed by atoms with Gasteiger partial charge in [0.1, 0.15) is 0 Å². The van der Waals surface area contributed by atoms with Crippen molar-refractivity contribution in [3.8, 4) is 5.75 Å². The Kier molecular flexibility index (Phi) is 7.24. The van der Waals surface area contributed by atoms with Gasteiger partial charge in [0, 0.05) is 12.2 Å². The first kappa shape index (κ1) is 22.3. The number of ether oxygens (including phenoxy) is 1. The van der Waals surface area contributed by atoms with Crippen LogP contribution in [0.3, 0.4) is 0 Å². The SMILES string of the molecule is CCn1c(SCC(=O)Nc2cccc(C(=O)O)c2)nnc1C(C)Oc1ccccc1F. The fourth-order valence-electron chi connectivity index (χ4n) is 2.85. The summed E-state index contributed by atoms with van der Waals surface area (Å²) < 4.78 is 21.3. The van der Waals surface area contributed by atoms with Gasteiger partial charge in [-0.25, -0.2) is 9.18 Å². The van der Waals surface area contributed by atoms with Gasteiger partial charge in [0.25, 0.3) is 0 Å². The van der Waals surface area contributed by atoms with Crippen molar-refractivity contribution in [2.75, 3.05) is 11.1 Å². The number of anilines is 1. The smallest absolute Gasteiger partial charge is 0.335 e. The second-order valence-corrected chi connectivity index (χ2v) is 7.44. The molecule has 1 amide bonds. The number of aromatic carboxylic acids is 1. The van der Waals surface area contributed by atoms with Crippen molar-refractivity contribution in [1.29, 1.82) is 0 Å². The summed E-state index contributed by atoms with van der Waals surface area (Å²) in [5, 5.41) is 20.5. The standard InChI is InChI=1S/C21H21FN4O4S/c1-3-26-19(13(2)30-17-10-5-4-9-16(17)22)24-25-21(26)31-12-18(27)23-15-8-6-7-14(11-15)20(28)29/h4-11,13H,3,12H2,1-2H3,(H,23,27)(H,28,29). The number of thioether (sulfide) groups is 1. The molecule has 162 valence electrons. The lowest BCUT2D eigenvalue weighted by Crippen LogP contribution is -2.16. The number of carbonyl (C=O) groups excluding carboxylic acids is 1. The first-order valence-corrected chi connectivity index (χ1v) is 10.5. The Bertz CT molecular complexity index is 1090. The van der Waals surface area contributed by atoms with Crippen LogP contribution < -0.4 is 10.1 Å². The Hall–Kier alpha value is -3.40. The highest BCUT2D eigenvalue weighted by Gasteiger charge is 2.20. The number of rotatable bonds is 9. The molecule has 0 saturated carbocycles. The first-order chi connectivity index (χ1) is 14.9. The van der Waals surface area contributed by atoms with E-state index in [1.807, 2.05) is 6.92 Å². The zero-order valence-electron chi connectivity index (χ0n) is 16.9. The Labute approximate surface area is 182 Å². The molecule has 8 nitrogen and oxygen atoms in total. The summed E-state index contributed by atoms with van der Waals surface area (Å²) in [4.78, 5) is 23.3. The zero-order chi connectivity index (χ0) is 22.4. The fraction of sp³-hybridized carbons (Fsp3) is 0.238. The van der Waals surface area contributed by atoms with Gasteiger partial charge in [-0.1, -0.05) is 30.0 Å². The summed E-state index contributed by atoms with van der Waals surface area (Å²) in [5.41, 5.74) is 0.486. The van der Waals surface area contributed by atoms with E-state index in [2.05, 4.69) is 15.5 Å². The predicted molar refractivity (Wildman–Crippen MR) is 114 cm³/mol. The number of hydrogen-bond acceptors (Lipinski definition) is 6. The van der Waals surface area contributed by atoms with Crippen molar-refractivity contribution >= 4 is 29.3 Å². The lowest BCUT2D eigenvalue weighted by atomic mass is 10.2. The van der Waals surface area contributed by atoms with E-state index in [1.165, 1.54) is 36.0 Å². The molecule has 1 aromatic heterocycles. The summed E-state index contributed by atoms with van der Waals surface area (Å²) in [6, 6.07) is 12.1. The van der Waals surface area contributed by atoms with Crippen LogP contribution in [-0.4, -0.2) is 37.5 Å². The molecule has 0 aliphatic heterocycles. The van der Waals surface area contributed by atoms with Gasteiger partial charge in [0.15, 0.2) is 28.7 Å². The third-order valence-corrected chi connectivity index (χ3v) is 5.26. The number of halogens is 1. The van der Waals surface area contributed by atoms with E-state index in [0.29, 0.717) is 23.2 Å². The molecule has 3 rings (SSSR count). The summed E-state index contributed by atoms with van der Waals surface area (Å²) >= 11 is 1.19. The third kappa shape index (κ3) is 5.60. The summed E-state index contributed by atoms with van der Waals surface area (Å²) in [6.07, 6.45) is -0.550. The molecule has 1 heterocycles. The second kappa shape index (κ2) is 10.1. The topological polar surface area (TPSA) is 106 Å². The van der Waals surface area contributed by atoms with Crippen LogP contribution in [0, 0.1) is 5.82 Å².